The number of nitrogens with one attached hydrogen (secondary N) is 1. The maximum Gasteiger partial charge on any atom is 0.0612 e. The number of unbranched alkanes of at least 4 members (excludes halogenated alkanes) is 1. The Hall–Kier alpha value is -0.0800. The van der Waals surface area contributed by atoms with Gasteiger partial charge >= 0.3 is 0 Å². The van der Waals surface area contributed by atoms with Crippen LogP contribution in [0.25, 0.3) is 0 Å². The SMILES string of the molecule is CCCCC(CCC)NC1CCOC(C(C)C)C1. The molecular formula is C16H33NO. The smallest absolute Gasteiger partial charge is 0.0612 e. The summed E-state index contributed by atoms with van der Waals surface area (Å²) in [6, 6.07) is 1.41. The molecule has 1 saturated heterocycles. The highest BCUT2D eigenvalue weighted by Gasteiger charge is 2.26. The lowest BCUT2D eigenvalue weighted by Crippen LogP contribution is -2.45. The Labute approximate surface area is 114 Å². The van der Waals surface area contributed by atoms with Gasteiger partial charge in [0.2, 0.25) is 0 Å². The van der Waals surface area contributed by atoms with Crippen LogP contribution >= 0.6 is 0 Å². The molecule has 1 rings (SSSR count). The first-order chi connectivity index (χ1) is 8.67. The van der Waals surface area contributed by atoms with Crippen molar-refractivity contribution in [2.24, 2.45) is 5.92 Å². The maximum absolute atomic E-state index is 5.85. The van der Waals surface area contributed by atoms with Crippen molar-refractivity contribution in [3.8, 4) is 0 Å². The van der Waals surface area contributed by atoms with E-state index in [1.54, 1.807) is 0 Å². The fourth-order valence-corrected chi connectivity index (χ4v) is 2.89. The van der Waals surface area contributed by atoms with E-state index < -0.39 is 0 Å². The van der Waals surface area contributed by atoms with Gasteiger partial charge in [0.1, 0.15) is 0 Å². The largest absolute Gasteiger partial charge is 0.378 e. The summed E-state index contributed by atoms with van der Waals surface area (Å²) >= 11 is 0. The van der Waals surface area contributed by atoms with E-state index in [9.17, 15) is 0 Å². The Morgan fingerprint density at radius 2 is 1.94 bits per heavy atom. The van der Waals surface area contributed by atoms with E-state index in [-0.39, 0.29) is 0 Å². The van der Waals surface area contributed by atoms with E-state index in [1.807, 2.05) is 0 Å². The van der Waals surface area contributed by atoms with Crippen LogP contribution in [0, 0.1) is 5.92 Å². The first-order valence-electron chi connectivity index (χ1n) is 8.05. The number of hydrogen-bond donors (Lipinski definition) is 1. The minimum atomic E-state index is 0.463. The monoisotopic (exact) mass is 255 g/mol. The molecule has 3 unspecified atom stereocenters. The number of ether oxygens (including phenoxy) is 1. The molecule has 0 saturated carbocycles. The molecule has 0 aromatic heterocycles. The van der Waals surface area contributed by atoms with Crippen molar-refractivity contribution in [1.82, 2.24) is 5.32 Å². The first-order valence-corrected chi connectivity index (χ1v) is 8.05. The Morgan fingerprint density at radius 3 is 2.56 bits per heavy atom. The van der Waals surface area contributed by atoms with Crippen LogP contribution in [0.15, 0.2) is 0 Å². The highest BCUT2D eigenvalue weighted by molar-refractivity contribution is 4.81. The average molecular weight is 255 g/mol. The molecule has 1 aliphatic rings. The van der Waals surface area contributed by atoms with Gasteiger partial charge in [0.15, 0.2) is 0 Å². The van der Waals surface area contributed by atoms with Gasteiger partial charge in [-0.05, 0) is 31.6 Å². The van der Waals surface area contributed by atoms with Crippen molar-refractivity contribution in [1.29, 1.82) is 0 Å². The summed E-state index contributed by atoms with van der Waals surface area (Å²) < 4.78 is 5.85. The number of hydrogen-bond acceptors (Lipinski definition) is 2. The van der Waals surface area contributed by atoms with Crippen LogP contribution in [0.2, 0.25) is 0 Å². The predicted octanol–water partition coefficient (Wildman–Crippen LogP) is 4.14. The van der Waals surface area contributed by atoms with E-state index in [0.29, 0.717) is 18.1 Å². The van der Waals surface area contributed by atoms with Gasteiger partial charge < -0.3 is 10.1 Å². The van der Waals surface area contributed by atoms with Gasteiger partial charge in [0, 0.05) is 18.7 Å². The first kappa shape index (κ1) is 16.0. The van der Waals surface area contributed by atoms with Gasteiger partial charge in [-0.2, -0.15) is 0 Å². The zero-order valence-corrected chi connectivity index (χ0v) is 12.9. The van der Waals surface area contributed by atoms with Gasteiger partial charge in [-0.1, -0.05) is 47.0 Å². The average Bonchev–Trinajstić information content (AvgIpc) is 2.36. The van der Waals surface area contributed by atoms with Crippen molar-refractivity contribution in [2.75, 3.05) is 6.61 Å². The Morgan fingerprint density at radius 1 is 1.17 bits per heavy atom. The molecule has 0 amide bonds. The second-order valence-corrected chi connectivity index (χ2v) is 6.17. The lowest BCUT2D eigenvalue weighted by atomic mass is 9.94. The van der Waals surface area contributed by atoms with Crippen LogP contribution in [0.4, 0.5) is 0 Å². The van der Waals surface area contributed by atoms with Crippen LogP contribution in [0.5, 0.6) is 0 Å². The van der Waals surface area contributed by atoms with Crippen LogP contribution in [0.3, 0.4) is 0 Å². The molecule has 1 aliphatic heterocycles. The molecule has 0 aromatic carbocycles. The standard InChI is InChI=1S/C16H33NO/c1-5-7-9-14(8-6-2)17-15-10-11-18-16(12-15)13(3)4/h13-17H,5-12H2,1-4H3. The normalized spacial score (nSPS) is 26.5. The number of rotatable bonds is 8. The van der Waals surface area contributed by atoms with Gasteiger partial charge in [-0.25, -0.2) is 0 Å². The molecule has 1 fully saturated rings. The van der Waals surface area contributed by atoms with E-state index in [2.05, 4.69) is 33.0 Å². The summed E-state index contributed by atoms with van der Waals surface area (Å²) in [6.07, 6.45) is 9.47. The molecule has 0 aliphatic carbocycles. The summed E-state index contributed by atoms with van der Waals surface area (Å²) in [4.78, 5) is 0. The van der Waals surface area contributed by atoms with Crippen LogP contribution in [0.1, 0.15) is 72.6 Å². The van der Waals surface area contributed by atoms with Gasteiger partial charge in [0.25, 0.3) is 0 Å². The van der Waals surface area contributed by atoms with Crippen LogP contribution in [-0.4, -0.2) is 24.8 Å². The second kappa shape index (κ2) is 8.92. The summed E-state index contributed by atoms with van der Waals surface area (Å²) in [7, 11) is 0. The van der Waals surface area contributed by atoms with Crippen molar-refractivity contribution in [3.05, 3.63) is 0 Å². The molecule has 0 aromatic rings. The molecule has 3 atom stereocenters. The topological polar surface area (TPSA) is 21.3 Å². The molecule has 1 heterocycles. The Bertz CT molecular complexity index is 205. The third-order valence-corrected chi connectivity index (χ3v) is 4.07. The van der Waals surface area contributed by atoms with E-state index in [1.165, 1.54) is 44.9 Å². The zero-order chi connectivity index (χ0) is 13.4. The van der Waals surface area contributed by atoms with E-state index in [0.717, 1.165) is 12.6 Å². The minimum absolute atomic E-state index is 0.463. The molecule has 0 bridgehead atoms. The van der Waals surface area contributed by atoms with Gasteiger partial charge in [0.05, 0.1) is 6.10 Å². The third kappa shape index (κ3) is 5.71. The van der Waals surface area contributed by atoms with Crippen molar-refractivity contribution < 1.29 is 4.74 Å². The highest BCUT2D eigenvalue weighted by atomic mass is 16.5. The van der Waals surface area contributed by atoms with Crippen LogP contribution in [-0.2, 0) is 4.74 Å². The van der Waals surface area contributed by atoms with Gasteiger partial charge in [-0.3, -0.25) is 0 Å². The van der Waals surface area contributed by atoms with Crippen molar-refractivity contribution >= 4 is 0 Å². The third-order valence-electron chi connectivity index (χ3n) is 4.07. The zero-order valence-electron chi connectivity index (χ0n) is 12.9. The minimum Gasteiger partial charge on any atom is -0.378 e. The molecule has 2 heteroatoms. The lowest BCUT2D eigenvalue weighted by molar-refractivity contribution is -0.0262. The molecule has 0 spiro atoms. The van der Waals surface area contributed by atoms with E-state index >= 15 is 0 Å². The molecule has 1 N–H and O–H groups in total. The molecular weight excluding hydrogens is 222 g/mol. The molecule has 2 nitrogen and oxygen atoms in total. The maximum atomic E-state index is 5.85. The van der Waals surface area contributed by atoms with Gasteiger partial charge in [-0.15, -0.1) is 0 Å². The molecule has 18 heavy (non-hydrogen) atoms. The summed E-state index contributed by atoms with van der Waals surface area (Å²) in [5.74, 6) is 0.648. The van der Waals surface area contributed by atoms with Crippen molar-refractivity contribution in [3.63, 3.8) is 0 Å². The van der Waals surface area contributed by atoms with E-state index in [4.69, 9.17) is 4.74 Å². The summed E-state index contributed by atoms with van der Waals surface area (Å²) in [5.41, 5.74) is 0. The lowest BCUT2D eigenvalue weighted by Gasteiger charge is -2.35. The molecule has 108 valence electrons. The quantitative estimate of drug-likeness (QED) is 0.704. The fraction of sp³-hybridized carbons (Fsp3) is 1.00. The summed E-state index contributed by atoms with van der Waals surface area (Å²) in [6.45, 7) is 10.1. The molecule has 0 radical (unpaired) electrons. The Balaban J connectivity index is 2.37. The van der Waals surface area contributed by atoms with Crippen molar-refractivity contribution in [2.45, 2.75) is 90.8 Å². The highest BCUT2D eigenvalue weighted by Crippen LogP contribution is 2.21. The second-order valence-electron chi connectivity index (χ2n) is 6.17. The summed E-state index contributed by atoms with van der Waals surface area (Å²) in [5, 5.41) is 3.90. The Kier molecular flexibility index (Phi) is 7.92. The van der Waals surface area contributed by atoms with Crippen LogP contribution < -0.4 is 5.32 Å². The predicted molar refractivity (Wildman–Crippen MR) is 79.0 cm³/mol. The fourth-order valence-electron chi connectivity index (χ4n) is 2.89.